The van der Waals surface area contributed by atoms with Crippen molar-refractivity contribution < 1.29 is 4.74 Å². The molecule has 1 aromatic heterocycles. The van der Waals surface area contributed by atoms with Gasteiger partial charge in [-0.2, -0.15) is 0 Å². The number of aryl methyl sites for hydroxylation is 1. The number of nitrogens with zero attached hydrogens (tertiary/aromatic N) is 3. The summed E-state index contributed by atoms with van der Waals surface area (Å²) >= 11 is 1.79. The molecule has 0 aliphatic carbocycles. The first-order valence-electron chi connectivity index (χ1n) is 7.89. The van der Waals surface area contributed by atoms with E-state index in [1.165, 1.54) is 9.88 Å². The molecule has 1 atom stereocenters. The van der Waals surface area contributed by atoms with Gasteiger partial charge in [-0.3, -0.25) is 4.99 Å². The maximum Gasteiger partial charge on any atom is 0.191 e. The molecule has 6 nitrogen and oxygen atoms in total. The lowest BCUT2D eigenvalue weighted by Crippen LogP contribution is -2.48. The number of hydrogen-bond donors (Lipinski definition) is 2. The number of rotatable bonds is 6. The van der Waals surface area contributed by atoms with Gasteiger partial charge >= 0.3 is 0 Å². The fourth-order valence-corrected chi connectivity index (χ4v) is 3.20. The van der Waals surface area contributed by atoms with E-state index in [0.717, 1.165) is 51.6 Å². The second-order valence-corrected chi connectivity index (χ2v) is 6.66. The van der Waals surface area contributed by atoms with E-state index >= 15 is 0 Å². The number of hydrogen-bond acceptors (Lipinski definition) is 5. The molecule has 0 saturated carbocycles. The van der Waals surface area contributed by atoms with Gasteiger partial charge in [-0.05, 0) is 13.5 Å². The number of likely N-dealkylation sites (N-methyl/N-ethyl adjacent to an activating group) is 1. The molecule has 2 rings (SSSR count). The Kier molecular flexibility index (Phi) is 10.00. The first-order valence-corrected chi connectivity index (χ1v) is 8.71. The lowest BCUT2D eigenvalue weighted by Gasteiger charge is -2.30. The van der Waals surface area contributed by atoms with Crippen molar-refractivity contribution in [3.05, 3.63) is 16.1 Å². The average molecular weight is 453 g/mol. The Morgan fingerprint density at radius 2 is 2.35 bits per heavy atom. The van der Waals surface area contributed by atoms with E-state index in [-0.39, 0.29) is 30.1 Å². The summed E-state index contributed by atoms with van der Waals surface area (Å²) in [5.41, 5.74) is 0. The zero-order valence-corrected chi connectivity index (χ0v) is 17.3. The maximum absolute atomic E-state index is 5.74. The molecule has 1 fully saturated rings. The molecular formula is C15H28IN5OS. The molecule has 1 aromatic rings. The number of aliphatic imine (C=N–C) groups is 1. The molecule has 0 radical (unpaired) electrons. The maximum atomic E-state index is 5.74. The molecular weight excluding hydrogens is 425 g/mol. The van der Waals surface area contributed by atoms with E-state index in [2.05, 4.69) is 39.5 Å². The second kappa shape index (κ2) is 11.2. The van der Waals surface area contributed by atoms with Gasteiger partial charge in [-0.1, -0.05) is 6.92 Å². The quantitative estimate of drug-likeness (QED) is 0.387. The minimum Gasteiger partial charge on any atom is -0.374 e. The number of morpholine rings is 1. The number of guanidine groups is 1. The van der Waals surface area contributed by atoms with Crippen LogP contribution in [0.3, 0.4) is 0 Å². The Bertz CT molecular complexity index is 482. The minimum atomic E-state index is 0. The van der Waals surface area contributed by atoms with E-state index in [1.54, 1.807) is 18.4 Å². The van der Waals surface area contributed by atoms with Crippen molar-refractivity contribution in [1.29, 1.82) is 0 Å². The van der Waals surface area contributed by atoms with E-state index in [9.17, 15) is 0 Å². The number of thiazole rings is 1. The molecule has 2 N–H and O–H groups in total. The van der Waals surface area contributed by atoms with Crippen LogP contribution in [0.5, 0.6) is 0 Å². The van der Waals surface area contributed by atoms with Gasteiger partial charge in [0.1, 0.15) is 0 Å². The molecule has 0 bridgehead atoms. The first kappa shape index (κ1) is 20.6. The van der Waals surface area contributed by atoms with Gasteiger partial charge in [0.15, 0.2) is 5.96 Å². The third-order valence-electron chi connectivity index (χ3n) is 3.64. The van der Waals surface area contributed by atoms with Crippen molar-refractivity contribution >= 4 is 41.3 Å². The summed E-state index contributed by atoms with van der Waals surface area (Å²) in [4.78, 5) is 12.3. The number of halogens is 1. The third kappa shape index (κ3) is 7.32. The van der Waals surface area contributed by atoms with Crippen LogP contribution >= 0.6 is 35.3 Å². The fraction of sp³-hybridized carbons (Fsp3) is 0.733. The zero-order chi connectivity index (χ0) is 15.8. The lowest BCUT2D eigenvalue weighted by atomic mass is 10.3. The lowest BCUT2D eigenvalue weighted by molar-refractivity contribution is -0.0161. The number of ether oxygens (including phenoxy) is 1. The standard InChI is InChI=1S/C15H27N5OS.HI/c1-4-13-10-18-14(22-13)5-6-17-15(16-2)19-9-12-11-20(3)7-8-21-12;/h10,12H,4-9,11H2,1-3H3,(H2,16,17,19);1H. The monoisotopic (exact) mass is 453 g/mol. The van der Waals surface area contributed by atoms with Crippen molar-refractivity contribution in [2.24, 2.45) is 4.99 Å². The summed E-state index contributed by atoms with van der Waals surface area (Å²) in [5.74, 6) is 0.823. The van der Waals surface area contributed by atoms with Gasteiger partial charge in [0.25, 0.3) is 0 Å². The fourth-order valence-electron chi connectivity index (χ4n) is 2.34. The molecule has 1 unspecified atom stereocenters. The minimum absolute atomic E-state index is 0. The summed E-state index contributed by atoms with van der Waals surface area (Å²) in [6, 6.07) is 0. The van der Waals surface area contributed by atoms with Gasteiger partial charge in [0.05, 0.1) is 17.7 Å². The van der Waals surface area contributed by atoms with Crippen LogP contribution in [0.1, 0.15) is 16.8 Å². The highest BCUT2D eigenvalue weighted by Crippen LogP contribution is 2.13. The van der Waals surface area contributed by atoms with E-state index < -0.39 is 0 Å². The van der Waals surface area contributed by atoms with Crippen molar-refractivity contribution in [2.45, 2.75) is 25.9 Å². The SMILES string of the molecule is CCc1cnc(CCNC(=NC)NCC2CN(C)CCO2)s1.I. The van der Waals surface area contributed by atoms with Gasteiger partial charge in [-0.15, -0.1) is 35.3 Å². The largest absolute Gasteiger partial charge is 0.374 e. The van der Waals surface area contributed by atoms with Crippen molar-refractivity contribution in [2.75, 3.05) is 46.9 Å². The van der Waals surface area contributed by atoms with Crippen LogP contribution in [-0.4, -0.2) is 68.8 Å². The highest BCUT2D eigenvalue weighted by Gasteiger charge is 2.17. The Morgan fingerprint density at radius 3 is 3.00 bits per heavy atom. The van der Waals surface area contributed by atoms with Gasteiger partial charge in [0.2, 0.25) is 0 Å². The summed E-state index contributed by atoms with van der Waals surface area (Å²) in [6.45, 7) is 6.55. The van der Waals surface area contributed by atoms with Crippen molar-refractivity contribution in [3.8, 4) is 0 Å². The smallest absolute Gasteiger partial charge is 0.191 e. The van der Waals surface area contributed by atoms with Crippen LogP contribution in [0.15, 0.2) is 11.2 Å². The molecule has 0 spiro atoms. The van der Waals surface area contributed by atoms with Gasteiger partial charge in [-0.25, -0.2) is 4.98 Å². The number of aromatic nitrogens is 1. The summed E-state index contributed by atoms with van der Waals surface area (Å²) in [7, 11) is 3.92. The number of nitrogens with one attached hydrogen (secondary N) is 2. The molecule has 8 heteroatoms. The van der Waals surface area contributed by atoms with Crippen molar-refractivity contribution in [3.63, 3.8) is 0 Å². The molecule has 0 amide bonds. The summed E-state index contributed by atoms with van der Waals surface area (Å²) < 4.78 is 5.74. The van der Waals surface area contributed by atoms with Crippen molar-refractivity contribution in [1.82, 2.24) is 20.5 Å². The van der Waals surface area contributed by atoms with Gasteiger partial charge < -0.3 is 20.3 Å². The molecule has 0 aromatic carbocycles. The van der Waals surface area contributed by atoms with Crippen LogP contribution in [-0.2, 0) is 17.6 Å². The van der Waals surface area contributed by atoms with Crippen LogP contribution in [0, 0.1) is 0 Å². The topological polar surface area (TPSA) is 61.8 Å². The Morgan fingerprint density at radius 1 is 1.52 bits per heavy atom. The highest BCUT2D eigenvalue weighted by atomic mass is 127. The normalized spacial score (nSPS) is 19.3. The van der Waals surface area contributed by atoms with Crippen LogP contribution < -0.4 is 10.6 Å². The Labute approximate surface area is 160 Å². The van der Waals surface area contributed by atoms with Gasteiger partial charge in [0, 0.05) is 50.7 Å². The zero-order valence-electron chi connectivity index (χ0n) is 14.2. The molecule has 1 aliphatic heterocycles. The molecule has 1 aliphatic rings. The molecule has 132 valence electrons. The van der Waals surface area contributed by atoms with Crippen LogP contribution in [0.2, 0.25) is 0 Å². The summed E-state index contributed by atoms with van der Waals surface area (Å²) in [6.07, 6.45) is 4.19. The first-order chi connectivity index (χ1) is 10.7. The van der Waals surface area contributed by atoms with E-state index in [4.69, 9.17) is 4.74 Å². The second-order valence-electron chi connectivity index (χ2n) is 5.46. The third-order valence-corrected chi connectivity index (χ3v) is 4.85. The highest BCUT2D eigenvalue weighted by molar-refractivity contribution is 14.0. The average Bonchev–Trinajstić information content (AvgIpc) is 2.98. The molecule has 23 heavy (non-hydrogen) atoms. The van der Waals surface area contributed by atoms with E-state index in [0.29, 0.717) is 0 Å². The molecule has 1 saturated heterocycles. The predicted molar refractivity (Wildman–Crippen MR) is 107 cm³/mol. The summed E-state index contributed by atoms with van der Waals surface area (Å²) in [5, 5.41) is 7.84. The molecule has 2 heterocycles. The predicted octanol–water partition coefficient (Wildman–Crippen LogP) is 1.36. The Hall–Kier alpha value is -0.450. The van der Waals surface area contributed by atoms with Crippen LogP contribution in [0.25, 0.3) is 0 Å². The van der Waals surface area contributed by atoms with E-state index in [1.807, 2.05) is 6.20 Å². The Balaban J connectivity index is 0.00000264. The van der Waals surface area contributed by atoms with Crippen LogP contribution in [0.4, 0.5) is 0 Å².